The Bertz CT molecular complexity index is 717. The Morgan fingerprint density at radius 3 is 2.75 bits per heavy atom. The van der Waals surface area contributed by atoms with Crippen molar-refractivity contribution in [3.05, 3.63) is 59.4 Å². The number of aromatic nitrogens is 1. The molecule has 3 rings (SSSR count). The summed E-state index contributed by atoms with van der Waals surface area (Å²) in [5.41, 5.74) is 3.19. The minimum Gasteiger partial charge on any atom is -0.493 e. The highest BCUT2D eigenvalue weighted by Gasteiger charge is 2.15. The minimum atomic E-state index is 0.452. The van der Waals surface area contributed by atoms with Gasteiger partial charge in [0.1, 0.15) is 11.8 Å². The van der Waals surface area contributed by atoms with Crippen LogP contribution in [0, 0.1) is 11.3 Å². The van der Waals surface area contributed by atoms with Crippen LogP contribution in [0.3, 0.4) is 0 Å². The van der Waals surface area contributed by atoms with Gasteiger partial charge in [0.25, 0.3) is 0 Å². The number of fused-ring (bicyclic) bond motifs is 1. The van der Waals surface area contributed by atoms with E-state index in [1.807, 2.05) is 18.2 Å². The first-order chi connectivity index (χ1) is 9.79. The quantitative estimate of drug-likeness (QED) is 0.790. The van der Waals surface area contributed by atoms with Crippen molar-refractivity contribution in [1.29, 1.82) is 5.26 Å². The van der Waals surface area contributed by atoms with Gasteiger partial charge in [0.05, 0.1) is 17.2 Å². The lowest BCUT2D eigenvalue weighted by Gasteiger charge is -2.06. The predicted molar refractivity (Wildman–Crippen MR) is 78.2 cm³/mol. The van der Waals surface area contributed by atoms with Gasteiger partial charge in [-0.3, -0.25) is 4.98 Å². The average molecular weight is 283 g/mol. The van der Waals surface area contributed by atoms with Crippen molar-refractivity contribution < 1.29 is 4.74 Å². The summed E-state index contributed by atoms with van der Waals surface area (Å²) in [7, 11) is 0. The van der Waals surface area contributed by atoms with Gasteiger partial charge >= 0.3 is 0 Å². The first kappa shape index (κ1) is 12.7. The van der Waals surface area contributed by atoms with Crippen LogP contribution in [0.15, 0.2) is 42.7 Å². The van der Waals surface area contributed by atoms with Crippen LogP contribution in [-0.2, 0) is 6.42 Å². The molecule has 20 heavy (non-hydrogen) atoms. The molecule has 98 valence electrons. The third-order valence-electron chi connectivity index (χ3n) is 3.24. The molecule has 0 fully saturated rings. The average Bonchev–Trinajstić information content (AvgIpc) is 2.96. The molecule has 4 heteroatoms. The summed E-state index contributed by atoms with van der Waals surface area (Å²) in [4.78, 5) is 3.95. The van der Waals surface area contributed by atoms with Gasteiger partial charge in [0.2, 0.25) is 0 Å². The van der Waals surface area contributed by atoms with Crippen molar-refractivity contribution in [2.75, 3.05) is 6.61 Å². The maximum atomic E-state index is 9.37. The molecule has 0 saturated heterocycles. The van der Waals surface area contributed by atoms with Gasteiger partial charge < -0.3 is 4.74 Å². The summed E-state index contributed by atoms with van der Waals surface area (Å²) in [6.45, 7) is 0.704. The second kappa shape index (κ2) is 5.36. The zero-order valence-corrected chi connectivity index (χ0v) is 11.4. The van der Waals surface area contributed by atoms with Crippen LogP contribution in [0.5, 0.6) is 5.75 Å². The number of halogens is 1. The molecule has 1 aromatic carbocycles. The van der Waals surface area contributed by atoms with E-state index in [1.54, 1.807) is 24.5 Å². The molecule has 1 aliphatic rings. The van der Waals surface area contributed by atoms with Gasteiger partial charge in [-0.25, -0.2) is 0 Å². The summed E-state index contributed by atoms with van der Waals surface area (Å²) in [6, 6.07) is 11.5. The second-order valence-corrected chi connectivity index (χ2v) is 4.84. The van der Waals surface area contributed by atoms with Crippen molar-refractivity contribution >= 4 is 22.2 Å². The van der Waals surface area contributed by atoms with E-state index in [2.05, 4.69) is 11.1 Å². The molecule has 0 radical (unpaired) electrons. The van der Waals surface area contributed by atoms with Gasteiger partial charge in [0.15, 0.2) is 0 Å². The van der Waals surface area contributed by atoms with E-state index in [0.29, 0.717) is 17.2 Å². The zero-order chi connectivity index (χ0) is 13.9. The van der Waals surface area contributed by atoms with E-state index in [0.717, 1.165) is 28.9 Å². The molecular weight excluding hydrogens is 272 g/mol. The number of allylic oxidation sites excluding steroid dienone is 1. The van der Waals surface area contributed by atoms with E-state index in [9.17, 15) is 5.26 Å². The lowest BCUT2D eigenvalue weighted by atomic mass is 10.0. The lowest BCUT2D eigenvalue weighted by Crippen LogP contribution is -1.88. The fourth-order valence-electron chi connectivity index (χ4n) is 2.23. The van der Waals surface area contributed by atoms with Crippen LogP contribution in [-0.4, -0.2) is 11.6 Å². The SMILES string of the molecule is N#C/C(=C(/Cl)c1ccc2c(c1)CCO2)c1ccncc1. The molecule has 0 aliphatic carbocycles. The van der Waals surface area contributed by atoms with Crippen molar-refractivity contribution in [2.45, 2.75) is 6.42 Å². The van der Waals surface area contributed by atoms with Crippen molar-refractivity contribution in [3.8, 4) is 11.8 Å². The molecule has 0 amide bonds. The lowest BCUT2D eigenvalue weighted by molar-refractivity contribution is 0.357. The Morgan fingerprint density at radius 2 is 2.00 bits per heavy atom. The van der Waals surface area contributed by atoms with Crippen LogP contribution in [0.25, 0.3) is 10.6 Å². The van der Waals surface area contributed by atoms with Gasteiger partial charge in [-0.05, 0) is 47.0 Å². The summed E-state index contributed by atoms with van der Waals surface area (Å²) >= 11 is 6.40. The van der Waals surface area contributed by atoms with Crippen LogP contribution < -0.4 is 4.74 Å². The normalized spacial score (nSPS) is 14.0. The smallest absolute Gasteiger partial charge is 0.122 e. The largest absolute Gasteiger partial charge is 0.493 e. The number of hydrogen-bond acceptors (Lipinski definition) is 3. The molecule has 3 nitrogen and oxygen atoms in total. The van der Waals surface area contributed by atoms with Crippen molar-refractivity contribution in [3.63, 3.8) is 0 Å². The number of rotatable bonds is 2. The highest BCUT2D eigenvalue weighted by molar-refractivity contribution is 6.53. The number of nitriles is 1. The van der Waals surface area contributed by atoms with E-state index < -0.39 is 0 Å². The van der Waals surface area contributed by atoms with Crippen LogP contribution >= 0.6 is 11.6 Å². The van der Waals surface area contributed by atoms with E-state index >= 15 is 0 Å². The molecule has 0 spiro atoms. The maximum Gasteiger partial charge on any atom is 0.122 e. The molecule has 2 aromatic rings. The summed E-state index contributed by atoms with van der Waals surface area (Å²) in [5.74, 6) is 0.903. The molecule has 0 unspecified atom stereocenters. The Hall–Kier alpha value is -2.31. The fraction of sp³-hybridized carbons (Fsp3) is 0.125. The van der Waals surface area contributed by atoms with Gasteiger partial charge in [0, 0.05) is 18.8 Å². The summed E-state index contributed by atoms with van der Waals surface area (Å²) < 4.78 is 5.47. The molecule has 1 aliphatic heterocycles. The third kappa shape index (κ3) is 2.26. The zero-order valence-electron chi connectivity index (χ0n) is 10.6. The van der Waals surface area contributed by atoms with Gasteiger partial charge in [-0.15, -0.1) is 0 Å². The molecule has 0 bridgehead atoms. The number of hydrogen-bond donors (Lipinski definition) is 0. The highest BCUT2D eigenvalue weighted by atomic mass is 35.5. The first-order valence-electron chi connectivity index (χ1n) is 6.26. The highest BCUT2D eigenvalue weighted by Crippen LogP contribution is 2.33. The molecule has 0 atom stereocenters. The molecule has 1 aromatic heterocycles. The van der Waals surface area contributed by atoms with Gasteiger partial charge in [-0.2, -0.15) is 5.26 Å². The van der Waals surface area contributed by atoms with E-state index in [4.69, 9.17) is 16.3 Å². The summed E-state index contributed by atoms with van der Waals surface area (Å²) in [5, 5.41) is 9.82. The first-order valence-corrected chi connectivity index (χ1v) is 6.64. The number of benzene rings is 1. The molecule has 0 N–H and O–H groups in total. The molecular formula is C16H11ClN2O. The molecule has 2 heterocycles. The monoisotopic (exact) mass is 282 g/mol. The second-order valence-electron chi connectivity index (χ2n) is 4.46. The maximum absolute atomic E-state index is 9.37. The Labute approximate surface area is 122 Å². The fourth-order valence-corrected chi connectivity index (χ4v) is 2.50. The summed E-state index contributed by atoms with van der Waals surface area (Å²) in [6.07, 6.45) is 4.17. The third-order valence-corrected chi connectivity index (χ3v) is 3.65. The Kier molecular flexibility index (Phi) is 3.41. The van der Waals surface area contributed by atoms with Crippen molar-refractivity contribution in [1.82, 2.24) is 4.98 Å². The predicted octanol–water partition coefficient (Wildman–Crippen LogP) is 3.65. The van der Waals surface area contributed by atoms with Crippen molar-refractivity contribution in [2.24, 2.45) is 0 Å². The van der Waals surface area contributed by atoms with Crippen LogP contribution in [0.1, 0.15) is 16.7 Å². The minimum absolute atomic E-state index is 0.452. The standard InChI is InChI=1S/C16H11ClN2O/c17-16(14(10-18)11-3-6-19-7-4-11)13-1-2-15-12(9-13)5-8-20-15/h1-4,6-7,9H,5,8H2/b16-14-. The van der Waals surface area contributed by atoms with Crippen LogP contribution in [0.2, 0.25) is 0 Å². The van der Waals surface area contributed by atoms with E-state index in [-0.39, 0.29) is 0 Å². The topological polar surface area (TPSA) is 45.9 Å². The van der Waals surface area contributed by atoms with Gasteiger partial charge in [-0.1, -0.05) is 11.6 Å². The number of ether oxygens (including phenoxy) is 1. The Balaban J connectivity index is 2.08. The molecule has 0 saturated carbocycles. The van der Waals surface area contributed by atoms with E-state index in [1.165, 1.54) is 0 Å². The Morgan fingerprint density at radius 1 is 1.20 bits per heavy atom. The van der Waals surface area contributed by atoms with Crippen LogP contribution in [0.4, 0.5) is 0 Å². The number of pyridine rings is 1. The number of nitrogens with zero attached hydrogens (tertiary/aromatic N) is 2.